The normalized spacial score (nSPS) is 12.2. The van der Waals surface area contributed by atoms with Crippen LogP contribution < -0.4 is 0 Å². The van der Waals surface area contributed by atoms with E-state index in [-0.39, 0.29) is 34.3 Å². The lowest BCUT2D eigenvalue weighted by Gasteiger charge is -2.13. The Kier molecular flexibility index (Phi) is 6.12. The first-order chi connectivity index (χ1) is 14.2. The van der Waals surface area contributed by atoms with E-state index in [9.17, 15) is 23.5 Å². The molecule has 1 heterocycles. The molecule has 0 radical (unpaired) electrons. The Morgan fingerprint density at radius 1 is 1.23 bits per heavy atom. The molecule has 30 heavy (non-hydrogen) atoms. The van der Waals surface area contributed by atoms with Gasteiger partial charge in [-0.25, -0.2) is 8.78 Å². The number of hydrogen-bond acceptors (Lipinski definition) is 4. The van der Waals surface area contributed by atoms with E-state index in [4.69, 9.17) is 16.3 Å². The van der Waals surface area contributed by atoms with Crippen LogP contribution in [-0.4, -0.2) is 28.2 Å². The van der Waals surface area contributed by atoms with Crippen molar-refractivity contribution in [3.05, 3.63) is 63.8 Å². The van der Waals surface area contributed by atoms with Crippen LogP contribution >= 0.6 is 11.6 Å². The first-order valence-corrected chi connectivity index (χ1v) is 9.75. The first kappa shape index (κ1) is 21.8. The number of ether oxygens (including phenoxy) is 1. The Labute approximate surface area is 176 Å². The Morgan fingerprint density at radius 3 is 2.47 bits per heavy atom. The number of hydrogen-bond donors (Lipinski definition) is 1. The van der Waals surface area contributed by atoms with E-state index >= 15 is 0 Å². The highest BCUT2D eigenvalue weighted by atomic mass is 35.5. The second kappa shape index (κ2) is 8.44. The van der Waals surface area contributed by atoms with Gasteiger partial charge in [-0.2, -0.15) is 0 Å². The molecule has 0 saturated heterocycles. The summed E-state index contributed by atoms with van der Waals surface area (Å²) in [5.41, 5.74) is 0.544. The fourth-order valence-corrected chi connectivity index (χ4v) is 3.60. The minimum Gasteiger partial charge on any atom is -0.503 e. The number of aromatic nitrogens is 1. The summed E-state index contributed by atoms with van der Waals surface area (Å²) >= 11 is 5.87. The Hall–Kier alpha value is -2.93. The third-order valence-corrected chi connectivity index (χ3v) is 5.19. The summed E-state index contributed by atoms with van der Waals surface area (Å²) in [5.74, 6) is -5.73. The predicted octanol–water partition coefficient (Wildman–Crippen LogP) is 5.33. The van der Waals surface area contributed by atoms with Crippen LogP contribution in [0.4, 0.5) is 8.78 Å². The number of phenolic OH excluding ortho intramolecular Hbond substituents is 1. The number of esters is 1. The molecule has 0 amide bonds. The van der Waals surface area contributed by atoms with Crippen LogP contribution in [0.3, 0.4) is 0 Å². The van der Waals surface area contributed by atoms with Gasteiger partial charge in [-0.3, -0.25) is 14.2 Å². The molecule has 0 aliphatic heterocycles. The Morgan fingerprint density at radius 2 is 1.87 bits per heavy atom. The molecule has 1 unspecified atom stereocenters. The van der Waals surface area contributed by atoms with Crippen LogP contribution in [0.15, 0.2) is 30.3 Å². The molecule has 5 nitrogen and oxygen atoms in total. The second-order valence-corrected chi connectivity index (χ2v) is 7.39. The number of phenols is 1. The lowest BCUT2D eigenvalue weighted by Crippen LogP contribution is -2.17. The third kappa shape index (κ3) is 3.65. The average Bonchev–Trinajstić information content (AvgIpc) is 3.01. The van der Waals surface area contributed by atoms with E-state index in [0.29, 0.717) is 11.4 Å². The molecule has 1 aromatic heterocycles. The van der Waals surface area contributed by atoms with Crippen molar-refractivity contribution in [2.45, 2.75) is 33.1 Å². The summed E-state index contributed by atoms with van der Waals surface area (Å²) in [6, 6.07) is 6.90. The van der Waals surface area contributed by atoms with Crippen molar-refractivity contribution < 1.29 is 28.2 Å². The zero-order valence-electron chi connectivity index (χ0n) is 16.6. The van der Waals surface area contributed by atoms with Gasteiger partial charge in [-0.05, 0) is 50.1 Å². The van der Waals surface area contributed by atoms with Crippen molar-refractivity contribution in [1.82, 2.24) is 4.57 Å². The van der Waals surface area contributed by atoms with Gasteiger partial charge in [0, 0.05) is 27.7 Å². The number of carbonyl (C=O) groups is 2. The van der Waals surface area contributed by atoms with Crippen LogP contribution in [0.5, 0.6) is 5.75 Å². The maximum Gasteiger partial charge on any atom is 0.313 e. The van der Waals surface area contributed by atoms with E-state index in [0.717, 1.165) is 10.6 Å². The highest BCUT2D eigenvalue weighted by molar-refractivity contribution is 6.30. The SMILES string of the molecule is CCCOC(=O)C(C)c1c(C)n(C(=O)c2ccc(Cl)cc2)c2cc(F)c(O)c(F)c12. The quantitative estimate of drug-likeness (QED) is 0.550. The Balaban J connectivity index is 2.28. The van der Waals surface area contributed by atoms with Gasteiger partial charge in [0.15, 0.2) is 17.4 Å². The topological polar surface area (TPSA) is 68.5 Å². The van der Waals surface area contributed by atoms with Gasteiger partial charge in [0.05, 0.1) is 18.0 Å². The van der Waals surface area contributed by atoms with Gasteiger partial charge in [0.25, 0.3) is 5.91 Å². The lowest BCUT2D eigenvalue weighted by atomic mass is 9.97. The highest BCUT2D eigenvalue weighted by Crippen LogP contribution is 2.39. The van der Waals surface area contributed by atoms with E-state index in [1.54, 1.807) is 0 Å². The molecule has 3 aromatic rings. The van der Waals surface area contributed by atoms with Gasteiger partial charge < -0.3 is 9.84 Å². The minimum absolute atomic E-state index is 0.0922. The molecule has 3 rings (SSSR count). The van der Waals surface area contributed by atoms with E-state index in [1.807, 2.05) is 6.92 Å². The third-order valence-electron chi connectivity index (χ3n) is 4.94. The summed E-state index contributed by atoms with van der Waals surface area (Å²) in [7, 11) is 0. The van der Waals surface area contributed by atoms with Crippen molar-refractivity contribution in [2.75, 3.05) is 6.61 Å². The highest BCUT2D eigenvalue weighted by Gasteiger charge is 2.31. The molecule has 0 bridgehead atoms. The second-order valence-electron chi connectivity index (χ2n) is 6.95. The molecule has 158 valence electrons. The maximum atomic E-state index is 14.9. The average molecular weight is 436 g/mol. The number of aromatic hydroxyl groups is 1. The van der Waals surface area contributed by atoms with Crippen LogP contribution in [0.2, 0.25) is 5.02 Å². The van der Waals surface area contributed by atoms with Crippen LogP contribution in [-0.2, 0) is 9.53 Å². The lowest BCUT2D eigenvalue weighted by molar-refractivity contribution is -0.145. The zero-order chi connectivity index (χ0) is 22.2. The van der Waals surface area contributed by atoms with Crippen LogP contribution in [0.25, 0.3) is 10.9 Å². The van der Waals surface area contributed by atoms with Crippen molar-refractivity contribution in [1.29, 1.82) is 0 Å². The molecule has 8 heteroatoms. The minimum atomic E-state index is -1.24. The van der Waals surface area contributed by atoms with Gasteiger partial charge >= 0.3 is 5.97 Å². The number of benzene rings is 2. The standard InChI is InChI=1S/C22H20ClF2NO4/c1-4-9-30-22(29)11(2)17-12(3)26(21(28)13-5-7-14(23)8-6-13)16-10-15(24)20(27)19(25)18(16)17/h5-8,10-11,27H,4,9H2,1-3H3. The van der Waals surface area contributed by atoms with E-state index in [1.165, 1.54) is 38.1 Å². The van der Waals surface area contributed by atoms with Crippen LogP contribution in [0.1, 0.15) is 47.8 Å². The molecule has 0 aliphatic rings. The smallest absolute Gasteiger partial charge is 0.313 e. The van der Waals surface area contributed by atoms with Crippen LogP contribution in [0, 0.1) is 18.6 Å². The van der Waals surface area contributed by atoms with Gasteiger partial charge in [-0.1, -0.05) is 18.5 Å². The molecule has 1 atom stereocenters. The fraction of sp³-hybridized carbons (Fsp3) is 0.273. The summed E-state index contributed by atoms with van der Waals surface area (Å²) < 4.78 is 35.4. The predicted molar refractivity (Wildman–Crippen MR) is 109 cm³/mol. The van der Waals surface area contributed by atoms with Crippen molar-refractivity contribution in [3.8, 4) is 5.75 Å². The molecule has 0 aliphatic carbocycles. The Bertz CT molecular complexity index is 1140. The molecular weight excluding hydrogens is 416 g/mol. The largest absolute Gasteiger partial charge is 0.503 e. The number of carbonyl (C=O) groups excluding carboxylic acids is 2. The van der Waals surface area contributed by atoms with Gasteiger partial charge in [-0.15, -0.1) is 0 Å². The monoisotopic (exact) mass is 435 g/mol. The molecule has 0 spiro atoms. The fourth-order valence-electron chi connectivity index (χ4n) is 3.47. The summed E-state index contributed by atoms with van der Waals surface area (Å²) in [5, 5.41) is 10.0. The molecule has 1 N–H and O–H groups in total. The number of rotatable bonds is 5. The summed E-state index contributed by atoms with van der Waals surface area (Å²) in [6.45, 7) is 5.06. The van der Waals surface area contributed by atoms with Gasteiger partial charge in [0.2, 0.25) is 0 Å². The zero-order valence-corrected chi connectivity index (χ0v) is 17.4. The van der Waals surface area contributed by atoms with Crippen molar-refractivity contribution in [2.24, 2.45) is 0 Å². The van der Waals surface area contributed by atoms with Crippen molar-refractivity contribution in [3.63, 3.8) is 0 Å². The molecule has 2 aromatic carbocycles. The van der Waals surface area contributed by atoms with E-state index in [2.05, 4.69) is 0 Å². The summed E-state index contributed by atoms with van der Waals surface area (Å²) in [6.07, 6.45) is 0.606. The molecule has 0 fully saturated rings. The molecular formula is C22H20ClF2NO4. The molecule has 0 saturated carbocycles. The maximum absolute atomic E-state index is 14.9. The number of fused-ring (bicyclic) bond motifs is 1. The first-order valence-electron chi connectivity index (χ1n) is 9.37. The van der Waals surface area contributed by atoms with Crippen molar-refractivity contribution >= 4 is 34.4 Å². The number of nitrogens with zero attached hydrogens (tertiary/aromatic N) is 1. The number of halogens is 3. The van der Waals surface area contributed by atoms with Gasteiger partial charge in [0.1, 0.15) is 0 Å². The van der Waals surface area contributed by atoms with E-state index < -0.39 is 35.2 Å². The summed E-state index contributed by atoms with van der Waals surface area (Å²) in [4.78, 5) is 25.6.